The molecule has 1 heterocycles. The van der Waals surface area contributed by atoms with Crippen LogP contribution >= 0.6 is 0 Å². The number of aryl methyl sites for hydroxylation is 1. The van der Waals surface area contributed by atoms with Gasteiger partial charge in [0.05, 0.1) is 6.04 Å². The van der Waals surface area contributed by atoms with Crippen molar-refractivity contribution in [2.24, 2.45) is 5.73 Å². The number of hydrogen-bond acceptors (Lipinski definition) is 3. The number of nitrogens with zero attached hydrogens (tertiary/aromatic N) is 1. The number of unbranched alkanes of at least 4 members (excludes halogenated alkanes) is 1. The maximum atomic E-state index is 6.02. The predicted molar refractivity (Wildman–Crippen MR) is 83.9 cm³/mol. The van der Waals surface area contributed by atoms with E-state index in [0.29, 0.717) is 6.54 Å². The van der Waals surface area contributed by atoms with Crippen LogP contribution in [0.15, 0.2) is 46.9 Å². The van der Waals surface area contributed by atoms with Crippen LogP contribution in [0.3, 0.4) is 0 Å². The van der Waals surface area contributed by atoms with Crippen LogP contribution in [0.1, 0.15) is 37.3 Å². The first-order valence-corrected chi connectivity index (χ1v) is 7.34. The Balaban J connectivity index is 2.28. The maximum absolute atomic E-state index is 6.02. The van der Waals surface area contributed by atoms with E-state index in [2.05, 4.69) is 36.1 Å². The number of rotatable bonds is 7. The van der Waals surface area contributed by atoms with Crippen molar-refractivity contribution >= 4 is 5.69 Å². The minimum Gasteiger partial charge on any atom is -0.464 e. The fraction of sp³-hybridized carbons (Fsp3) is 0.412. The molecule has 20 heavy (non-hydrogen) atoms. The molecule has 0 spiro atoms. The van der Waals surface area contributed by atoms with Gasteiger partial charge < -0.3 is 15.1 Å². The fourth-order valence-corrected chi connectivity index (χ4v) is 2.44. The van der Waals surface area contributed by atoms with Gasteiger partial charge in [-0.2, -0.15) is 0 Å². The van der Waals surface area contributed by atoms with E-state index in [0.717, 1.165) is 30.9 Å². The van der Waals surface area contributed by atoms with E-state index in [1.54, 1.807) is 0 Å². The smallest absolute Gasteiger partial charge is 0.127 e. The van der Waals surface area contributed by atoms with Gasteiger partial charge >= 0.3 is 0 Å². The van der Waals surface area contributed by atoms with Crippen LogP contribution in [-0.4, -0.2) is 13.1 Å². The summed E-state index contributed by atoms with van der Waals surface area (Å²) in [5.41, 5.74) is 7.22. The zero-order valence-corrected chi connectivity index (χ0v) is 12.4. The molecule has 2 N–H and O–H groups in total. The molecule has 1 atom stereocenters. The molecule has 3 heteroatoms. The topological polar surface area (TPSA) is 42.4 Å². The predicted octanol–water partition coefficient (Wildman–Crippen LogP) is 3.89. The van der Waals surface area contributed by atoms with Crippen molar-refractivity contribution in [3.63, 3.8) is 0 Å². The highest BCUT2D eigenvalue weighted by Crippen LogP contribution is 2.28. The van der Waals surface area contributed by atoms with Crippen molar-refractivity contribution in [2.45, 2.75) is 32.7 Å². The molecule has 108 valence electrons. The first-order valence-electron chi connectivity index (χ1n) is 7.34. The van der Waals surface area contributed by atoms with Gasteiger partial charge in [-0.3, -0.25) is 0 Å². The summed E-state index contributed by atoms with van der Waals surface area (Å²) in [6, 6.07) is 14.6. The highest BCUT2D eigenvalue weighted by atomic mass is 16.3. The number of para-hydroxylation sites is 1. The van der Waals surface area contributed by atoms with E-state index in [4.69, 9.17) is 10.2 Å². The zero-order valence-electron chi connectivity index (χ0n) is 12.4. The second-order valence-corrected chi connectivity index (χ2v) is 5.08. The third-order valence-corrected chi connectivity index (χ3v) is 3.53. The monoisotopic (exact) mass is 272 g/mol. The number of benzene rings is 1. The average molecular weight is 272 g/mol. The van der Waals surface area contributed by atoms with Crippen molar-refractivity contribution in [1.82, 2.24) is 0 Å². The molecule has 2 aromatic rings. The van der Waals surface area contributed by atoms with E-state index in [-0.39, 0.29) is 6.04 Å². The molecule has 3 nitrogen and oxygen atoms in total. The summed E-state index contributed by atoms with van der Waals surface area (Å²) in [6.07, 6.45) is 2.31. The second-order valence-electron chi connectivity index (χ2n) is 5.08. The molecular weight excluding hydrogens is 248 g/mol. The zero-order chi connectivity index (χ0) is 14.4. The molecular formula is C17H24N2O. The summed E-state index contributed by atoms with van der Waals surface area (Å²) >= 11 is 0. The molecule has 1 aromatic heterocycles. The fourth-order valence-electron chi connectivity index (χ4n) is 2.44. The maximum Gasteiger partial charge on any atom is 0.127 e. The van der Waals surface area contributed by atoms with Crippen LogP contribution in [0.5, 0.6) is 0 Å². The van der Waals surface area contributed by atoms with E-state index in [1.165, 1.54) is 5.69 Å². The summed E-state index contributed by atoms with van der Waals surface area (Å²) in [4.78, 5) is 2.35. The van der Waals surface area contributed by atoms with Crippen molar-refractivity contribution in [1.29, 1.82) is 0 Å². The molecule has 0 saturated carbocycles. The quantitative estimate of drug-likeness (QED) is 0.831. The molecule has 0 aliphatic heterocycles. The van der Waals surface area contributed by atoms with Crippen molar-refractivity contribution < 1.29 is 4.42 Å². The van der Waals surface area contributed by atoms with Crippen molar-refractivity contribution in [3.05, 3.63) is 54.0 Å². The van der Waals surface area contributed by atoms with Crippen LogP contribution in [0.25, 0.3) is 0 Å². The summed E-state index contributed by atoms with van der Waals surface area (Å²) in [7, 11) is 0. The Hall–Kier alpha value is -1.74. The van der Waals surface area contributed by atoms with E-state index < -0.39 is 0 Å². The largest absolute Gasteiger partial charge is 0.464 e. The number of hydrogen-bond donors (Lipinski definition) is 1. The number of anilines is 1. The Morgan fingerprint density at radius 2 is 1.90 bits per heavy atom. The molecule has 2 rings (SSSR count). The van der Waals surface area contributed by atoms with Gasteiger partial charge in [-0.15, -0.1) is 0 Å². The highest BCUT2D eigenvalue weighted by Gasteiger charge is 2.21. The Morgan fingerprint density at radius 3 is 2.45 bits per heavy atom. The Bertz CT molecular complexity index is 507. The number of furan rings is 1. The van der Waals surface area contributed by atoms with Gasteiger partial charge in [-0.25, -0.2) is 0 Å². The van der Waals surface area contributed by atoms with Gasteiger partial charge in [0, 0.05) is 18.8 Å². The van der Waals surface area contributed by atoms with Crippen molar-refractivity contribution in [2.75, 3.05) is 18.0 Å². The summed E-state index contributed by atoms with van der Waals surface area (Å²) in [5, 5.41) is 0. The van der Waals surface area contributed by atoms with Gasteiger partial charge in [0.1, 0.15) is 11.5 Å². The minimum atomic E-state index is 0.0950. The number of nitrogens with two attached hydrogens (primary N) is 1. The SMILES string of the molecule is CCCCN(c1ccccc1)C(CN)c1ccc(C)o1. The van der Waals surface area contributed by atoms with Crippen LogP contribution < -0.4 is 10.6 Å². The Kier molecular flexibility index (Phi) is 5.24. The van der Waals surface area contributed by atoms with Gasteiger partial charge in [-0.05, 0) is 37.6 Å². The second kappa shape index (κ2) is 7.15. The third-order valence-electron chi connectivity index (χ3n) is 3.53. The normalized spacial score (nSPS) is 12.3. The molecule has 0 saturated heterocycles. The van der Waals surface area contributed by atoms with Gasteiger partial charge in [0.25, 0.3) is 0 Å². The van der Waals surface area contributed by atoms with Gasteiger partial charge in [0.15, 0.2) is 0 Å². The molecule has 0 radical (unpaired) electrons. The molecule has 0 bridgehead atoms. The molecule has 0 aliphatic rings. The lowest BCUT2D eigenvalue weighted by Crippen LogP contribution is -2.34. The third kappa shape index (κ3) is 3.42. The molecule has 0 fully saturated rings. The molecule has 0 amide bonds. The van der Waals surface area contributed by atoms with E-state index >= 15 is 0 Å². The average Bonchev–Trinajstić information content (AvgIpc) is 2.90. The molecule has 1 unspecified atom stereocenters. The highest BCUT2D eigenvalue weighted by molar-refractivity contribution is 5.48. The van der Waals surface area contributed by atoms with Crippen molar-refractivity contribution in [3.8, 4) is 0 Å². The lowest BCUT2D eigenvalue weighted by molar-refractivity contribution is 0.431. The lowest BCUT2D eigenvalue weighted by Gasteiger charge is -2.32. The Morgan fingerprint density at radius 1 is 1.15 bits per heavy atom. The molecule has 0 aliphatic carbocycles. The van der Waals surface area contributed by atoms with Gasteiger partial charge in [-0.1, -0.05) is 31.5 Å². The summed E-state index contributed by atoms with van der Waals surface area (Å²) in [6.45, 7) is 5.71. The first-order chi connectivity index (χ1) is 9.76. The lowest BCUT2D eigenvalue weighted by atomic mass is 10.1. The standard InChI is InChI=1S/C17H24N2O/c1-3-4-12-19(15-8-6-5-7-9-15)16(13-18)17-11-10-14(2)20-17/h5-11,16H,3-4,12-13,18H2,1-2H3. The minimum absolute atomic E-state index is 0.0950. The van der Waals surface area contributed by atoms with Crippen LogP contribution in [0, 0.1) is 6.92 Å². The van der Waals surface area contributed by atoms with Crippen LogP contribution in [0.2, 0.25) is 0 Å². The van der Waals surface area contributed by atoms with E-state index in [9.17, 15) is 0 Å². The molecule has 1 aromatic carbocycles. The summed E-state index contributed by atoms with van der Waals surface area (Å²) in [5.74, 6) is 1.88. The van der Waals surface area contributed by atoms with Gasteiger partial charge in [0.2, 0.25) is 0 Å². The first kappa shape index (κ1) is 14.7. The summed E-state index contributed by atoms with van der Waals surface area (Å²) < 4.78 is 5.80. The van der Waals surface area contributed by atoms with Crippen LogP contribution in [-0.2, 0) is 0 Å². The van der Waals surface area contributed by atoms with Crippen LogP contribution in [0.4, 0.5) is 5.69 Å². The Labute approximate surface area is 121 Å². The van der Waals surface area contributed by atoms with E-state index in [1.807, 2.05) is 25.1 Å².